The molecule has 0 aliphatic heterocycles. The van der Waals surface area contributed by atoms with Crippen LogP contribution in [-0.4, -0.2) is 56.3 Å². The lowest BCUT2D eigenvalue weighted by molar-refractivity contribution is -0.236. The Bertz CT molecular complexity index is 1200. The van der Waals surface area contributed by atoms with Crippen LogP contribution in [0.15, 0.2) is 24.4 Å². The number of imidazole rings is 1. The van der Waals surface area contributed by atoms with Gasteiger partial charge in [-0.05, 0) is 57.6 Å². The van der Waals surface area contributed by atoms with Crippen LogP contribution in [-0.2, 0) is 9.47 Å². The predicted octanol–water partition coefficient (Wildman–Crippen LogP) is 5.06. The number of benzene rings is 1. The number of methoxy groups -OCH3 is 1. The van der Waals surface area contributed by atoms with Crippen LogP contribution in [0, 0.1) is 11.6 Å². The Morgan fingerprint density at radius 1 is 1.08 bits per heavy atom. The molecule has 0 radical (unpaired) electrons. The number of hydrogen-bond acceptors (Lipinski definition) is 8. The van der Waals surface area contributed by atoms with Crippen LogP contribution in [0.4, 0.5) is 26.4 Å². The van der Waals surface area contributed by atoms with Crippen molar-refractivity contribution < 1.29 is 23.4 Å². The molecule has 2 fully saturated rings. The number of anilines is 3. The Balaban J connectivity index is 1.43. The van der Waals surface area contributed by atoms with E-state index < -0.39 is 17.4 Å². The van der Waals surface area contributed by atoms with Crippen LogP contribution < -0.4 is 10.6 Å². The average Bonchev–Trinajstić information content (AvgIpc) is 3.25. The zero-order chi connectivity index (χ0) is 26.0. The van der Waals surface area contributed by atoms with E-state index in [4.69, 9.17) is 14.5 Å². The van der Waals surface area contributed by atoms with Gasteiger partial charge in [-0.25, -0.2) is 18.7 Å². The largest absolute Gasteiger partial charge is 0.393 e. The van der Waals surface area contributed by atoms with Gasteiger partial charge in [-0.3, -0.25) is 4.57 Å². The lowest BCUT2D eigenvalue weighted by Gasteiger charge is -2.38. The molecule has 0 atom stereocenters. The zero-order valence-electron chi connectivity index (χ0n) is 21.2. The fourth-order valence-electron chi connectivity index (χ4n) is 5.49. The molecule has 0 amide bonds. The number of nitrogens with one attached hydrogen (secondary N) is 2. The normalized spacial score (nSPS) is 26.4. The number of aromatic nitrogens is 4. The van der Waals surface area contributed by atoms with Gasteiger partial charge in [-0.15, -0.1) is 0 Å². The molecule has 1 aromatic carbocycles. The monoisotopic (exact) mass is 516 g/mol. The Labute approximate surface area is 214 Å². The summed E-state index contributed by atoms with van der Waals surface area (Å²) in [6.07, 6.45) is 7.17. The third kappa shape index (κ3) is 5.39. The highest BCUT2D eigenvalue weighted by molar-refractivity contribution is 5.76. The highest BCUT2D eigenvalue weighted by Crippen LogP contribution is 2.36. The van der Waals surface area contributed by atoms with Crippen LogP contribution in [0.25, 0.3) is 11.2 Å². The number of halogens is 2. The molecular formula is C26H34F2N6O3. The summed E-state index contributed by atoms with van der Waals surface area (Å²) < 4.78 is 42.3. The molecule has 5 rings (SSSR count). The van der Waals surface area contributed by atoms with Gasteiger partial charge in [0.2, 0.25) is 11.9 Å². The van der Waals surface area contributed by atoms with Gasteiger partial charge in [0.05, 0.1) is 12.3 Å². The summed E-state index contributed by atoms with van der Waals surface area (Å²) >= 11 is 0. The molecule has 9 nitrogen and oxygen atoms in total. The number of para-hydroxylation sites is 1. The summed E-state index contributed by atoms with van der Waals surface area (Å²) in [5, 5.41) is 16.3. The Morgan fingerprint density at radius 2 is 1.78 bits per heavy atom. The van der Waals surface area contributed by atoms with Crippen molar-refractivity contribution in [2.24, 2.45) is 0 Å². The van der Waals surface area contributed by atoms with E-state index in [0.717, 1.165) is 25.7 Å². The van der Waals surface area contributed by atoms with E-state index in [-0.39, 0.29) is 23.9 Å². The summed E-state index contributed by atoms with van der Waals surface area (Å²) in [7, 11) is 1.69. The number of rotatable bonds is 8. The van der Waals surface area contributed by atoms with Crippen molar-refractivity contribution >= 4 is 28.7 Å². The first-order valence-electron chi connectivity index (χ1n) is 13.0. The lowest BCUT2D eigenvalue weighted by atomic mass is 9.90. The summed E-state index contributed by atoms with van der Waals surface area (Å²) in [5.74, 6) is -1.18. The molecule has 0 unspecified atom stereocenters. The van der Waals surface area contributed by atoms with Crippen molar-refractivity contribution in [3.8, 4) is 0 Å². The minimum Gasteiger partial charge on any atom is -0.393 e. The molecule has 0 saturated heterocycles. The highest BCUT2D eigenvalue weighted by atomic mass is 19.1. The standard InChI is InChI=1S/C26H34F2N6O3/c1-3-37-26(36-2)13-11-16(12-14-26)30-24-29-15-21-23(33-24)34(17-7-9-18(35)10-8-17)25(31-21)32-22-19(27)5-4-6-20(22)28/h4-6,15-18,35H,3,7-14H2,1-2H3,(H,31,32)(H,29,30,33)/t16?,17-,18+,26?. The van der Waals surface area contributed by atoms with E-state index >= 15 is 0 Å². The molecule has 2 aromatic heterocycles. The number of nitrogens with zero attached hydrogens (tertiary/aromatic N) is 4. The fourth-order valence-corrected chi connectivity index (χ4v) is 5.49. The quantitative estimate of drug-likeness (QED) is 0.357. The van der Waals surface area contributed by atoms with Crippen molar-refractivity contribution in [2.75, 3.05) is 24.4 Å². The molecule has 2 saturated carbocycles. The van der Waals surface area contributed by atoms with Crippen LogP contribution in [0.1, 0.15) is 64.3 Å². The molecule has 11 heteroatoms. The molecule has 3 aromatic rings. The van der Waals surface area contributed by atoms with E-state index in [1.807, 2.05) is 11.5 Å². The van der Waals surface area contributed by atoms with Crippen molar-refractivity contribution in [3.05, 3.63) is 36.0 Å². The van der Waals surface area contributed by atoms with Gasteiger partial charge in [0.1, 0.15) is 22.8 Å². The summed E-state index contributed by atoms with van der Waals surface area (Å²) in [5.41, 5.74) is 0.836. The molecule has 2 heterocycles. The van der Waals surface area contributed by atoms with Gasteiger partial charge in [0, 0.05) is 38.6 Å². The van der Waals surface area contributed by atoms with Crippen LogP contribution >= 0.6 is 0 Å². The van der Waals surface area contributed by atoms with Crippen LogP contribution in [0.5, 0.6) is 0 Å². The van der Waals surface area contributed by atoms with Gasteiger partial charge >= 0.3 is 0 Å². The molecule has 0 spiro atoms. The van der Waals surface area contributed by atoms with E-state index in [1.54, 1.807) is 13.3 Å². The average molecular weight is 517 g/mol. The lowest BCUT2D eigenvalue weighted by Crippen LogP contribution is -2.42. The van der Waals surface area contributed by atoms with Gasteiger partial charge in [-0.2, -0.15) is 4.98 Å². The minimum absolute atomic E-state index is 0.0309. The minimum atomic E-state index is -0.706. The van der Waals surface area contributed by atoms with Crippen molar-refractivity contribution in [1.82, 2.24) is 19.5 Å². The van der Waals surface area contributed by atoms with Gasteiger partial charge < -0.3 is 25.2 Å². The molecule has 0 bridgehead atoms. The summed E-state index contributed by atoms with van der Waals surface area (Å²) in [6, 6.07) is 3.85. The molecule has 2 aliphatic carbocycles. The predicted molar refractivity (Wildman–Crippen MR) is 136 cm³/mol. The first-order valence-corrected chi connectivity index (χ1v) is 13.0. The van der Waals surface area contributed by atoms with E-state index in [2.05, 4.69) is 20.6 Å². The summed E-state index contributed by atoms with van der Waals surface area (Å²) in [4.78, 5) is 13.9. The zero-order valence-corrected chi connectivity index (χ0v) is 21.2. The molecular weight excluding hydrogens is 482 g/mol. The van der Waals surface area contributed by atoms with E-state index in [0.29, 0.717) is 55.4 Å². The van der Waals surface area contributed by atoms with E-state index in [1.165, 1.54) is 18.2 Å². The van der Waals surface area contributed by atoms with Crippen LogP contribution in [0.2, 0.25) is 0 Å². The van der Waals surface area contributed by atoms with Gasteiger partial charge in [-0.1, -0.05) is 6.07 Å². The maximum Gasteiger partial charge on any atom is 0.224 e. The van der Waals surface area contributed by atoms with Crippen molar-refractivity contribution in [1.29, 1.82) is 0 Å². The SMILES string of the molecule is CCOC1(OC)CCC(Nc2ncc3nc(Nc4c(F)cccc4F)n([C@H]4CC[C@@H](O)CC4)c3n2)CC1. The Morgan fingerprint density at radius 3 is 2.43 bits per heavy atom. The molecule has 200 valence electrons. The van der Waals surface area contributed by atoms with Gasteiger partial charge in [0.15, 0.2) is 11.4 Å². The van der Waals surface area contributed by atoms with Gasteiger partial charge in [0.25, 0.3) is 0 Å². The van der Waals surface area contributed by atoms with Crippen molar-refractivity contribution in [3.63, 3.8) is 0 Å². The summed E-state index contributed by atoms with van der Waals surface area (Å²) in [6.45, 7) is 2.56. The maximum absolute atomic E-state index is 14.4. The smallest absolute Gasteiger partial charge is 0.224 e. The number of fused-ring (bicyclic) bond motifs is 1. The van der Waals surface area contributed by atoms with Crippen molar-refractivity contribution in [2.45, 2.75) is 82.3 Å². The topological polar surface area (TPSA) is 106 Å². The second-order valence-corrected chi connectivity index (χ2v) is 9.86. The first kappa shape index (κ1) is 25.7. The molecule has 37 heavy (non-hydrogen) atoms. The Kier molecular flexibility index (Phi) is 7.55. The number of aliphatic hydroxyl groups is 1. The molecule has 2 aliphatic rings. The Hall–Kier alpha value is -2.89. The fraction of sp³-hybridized carbons (Fsp3) is 0.577. The highest BCUT2D eigenvalue weighted by Gasteiger charge is 2.36. The number of aliphatic hydroxyl groups excluding tert-OH is 1. The third-order valence-corrected chi connectivity index (χ3v) is 7.52. The first-order chi connectivity index (χ1) is 17.9. The second kappa shape index (κ2) is 10.8. The second-order valence-electron chi connectivity index (χ2n) is 9.86. The third-order valence-electron chi connectivity index (χ3n) is 7.52. The maximum atomic E-state index is 14.4. The number of ether oxygens (including phenoxy) is 2. The van der Waals surface area contributed by atoms with Crippen LogP contribution in [0.3, 0.4) is 0 Å². The number of hydrogen-bond donors (Lipinski definition) is 3. The van der Waals surface area contributed by atoms with E-state index in [9.17, 15) is 13.9 Å². The molecule has 3 N–H and O–H groups in total.